The van der Waals surface area contributed by atoms with Crippen molar-refractivity contribution in [1.82, 2.24) is 30.0 Å². The van der Waals surface area contributed by atoms with Gasteiger partial charge >= 0.3 is 0 Å². The average molecular weight is 628 g/mol. The van der Waals surface area contributed by atoms with Crippen molar-refractivity contribution < 1.29 is 0 Å². The molecule has 0 atom stereocenters. The number of fused-ring (bicyclic) bond motifs is 10. The molecule has 2 aliphatic rings. The molecule has 0 amide bonds. The van der Waals surface area contributed by atoms with Gasteiger partial charge in [-0.25, -0.2) is 9.36 Å². The molecule has 0 aliphatic carbocycles. The molecule has 8 nitrogen and oxygen atoms in total. The van der Waals surface area contributed by atoms with Crippen molar-refractivity contribution in [1.29, 1.82) is 0 Å². The lowest BCUT2D eigenvalue weighted by Crippen LogP contribution is -2.24. The summed E-state index contributed by atoms with van der Waals surface area (Å²) in [6.45, 7) is 9.33. The molecule has 6 aromatic rings. The van der Waals surface area contributed by atoms with Gasteiger partial charge in [-0.1, -0.05) is 108 Å². The topological polar surface area (TPSA) is 67.9 Å². The Labute approximate surface area is 285 Å². The Morgan fingerprint density at radius 3 is 1.50 bits per heavy atom. The fourth-order valence-corrected chi connectivity index (χ4v) is 6.90. The summed E-state index contributed by atoms with van der Waals surface area (Å²) in [6, 6.07) is 33.9. The zero-order chi connectivity index (χ0) is 33.0. The fraction of sp³-hybridized carbons (Fsp3) is 0.263. The normalized spacial score (nSPS) is 12.8. The van der Waals surface area contributed by atoms with Crippen LogP contribution in [0.2, 0.25) is 12.6 Å². The first-order chi connectivity index (χ1) is 23.7. The Hall–Kier alpha value is -5.11. The smallest absolute Gasteiger partial charge is 0.123 e. The maximum absolute atomic E-state index is 5.79. The van der Waals surface area contributed by atoms with Crippen molar-refractivity contribution in [3.63, 3.8) is 0 Å². The predicted octanol–water partition coefficient (Wildman–Crippen LogP) is 7.08. The van der Waals surface area contributed by atoms with Crippen LogP contribution in [0.15, 0.2) is 97.1 Å². The third-order valence-corrected chi connectivity index (χ3v) is 9.18. The number of aryl methyl sites for hydroxylation is 2. The van der Waals surface area contributed by atoms with Crippen LogP contribution in [0.4, 0.5) is 11.4 Å². The lowest BCUT2D eigenvalue weighted by atomic mass is 9.95. The van der Waals surface area contributed by atoms with Gasteiger partial charge in [0.25, 0.3) is 0 Å². The Bertz CT molecular complexity index is 2030. The molecule has 0 fully saturated rings. The number of rotatable bonds is 6. The van der Waals surface area contributed by atoms with E-state index in [0.717, 1.165) is 60.1 Å². The second-order valence-corrected chi connectivity index (χ2v) is 12.0. The molecule has 2 aromatic heterocycles. The van der Waals surface area contributed by atoms with E-state index in [1.165, 1.54) is 33.6 Å². The van der Waals surface area contributed by atoms with Gasteiger partial charge in [0, 0.05) is 72.9 Å². The molecule has 10 heteroatoms. The van der Waals surface area contributed by atoms with Crippen LogP contribution >= 0.6 is 0 Å². The monoisotopic (exact) mass is 628 g/mol. The highest BCUT2D eigenvalue weighted by Crippen LogP contribution is 2.42. The van der Waals surface area contributed by atoms with Crippen molar-refractivity contribution >= 4 is 27.1 Å². The molecular formula is C38H38B2N8. The van der Waals surface area contributed by atoms with Crippen LogP contribution in [-0.4, -0.2) is 58.8 Å². The molecule has 0 N–H and O–H groups in total. The van der Waals surface area contributed by atoms with Crippen molar-refractivity contribution in [3.8, 4) is 45.0 Å². The highest BCUT2D eigenvalue weighted by molar-refractivity contribution is 6.08. The maximum Gasteiger partial charge on any atom is 0.123 e. The Balaban J connectivity index is 0.000000152. The van der Waals surface area contributed by atoms with E-state index >= 15 is 0 Å². The Morgan fingerprint density at radius 1 is 0.521 bits per heavy atom. The first-order valence-corrected chi connectivity index (χ1v) is 16.8. The summed E-state index contributed by atoms with van der Waals surface area (Å²) < 4.78 is 3.87. The molecule has 4 radical (unpaired) electrons. The summed E-state index contributed by atoms with van der Waals surface area (Å²) in [7, 11) is 11.6. The van der Waals surface area contributed by atoms with E-state index in [1.807, 2.05) is 9.36 Å². The van der Waals surface area contributed by atoms with E-state index in [1.54, 1.807) is 0 Å². The van der Waals surface area contributed by atoms with Gasteiger partial charge in [0.15, 0.2) is 0 Å². The largest absolute Gasteiger partial charge is 0.367 e. The molecule has 0 saturated carbocycles. The van der Waals surface area contributed by atoms with Crippen LogP contribution in [-0.2, 0) is 26.2 Å². The molecule has 2 aliphatic heterocycles. The summed E-state index contributed by atoms with van der Waals surface area (Å²) in [6.07, 6.45) is 1.08. The molecule has 236 valence electrons. The molecule has 0 spiro atoms. The third kappa shape index (κ3) is 5.69. The number of para-hydroxylation sites is 2. The average Bonchev–Trinajstić information content (AvgIpc) is 3.73. The number of benzene rings is 4. The van der Waals surface area contributed by atoms with Gasteiger partial charge in [-0.05, 0) is 37.1 Å². The van der Waals surface area contributed by atoms with Crippen molar-refractivity contribution in [2.45, 2.75) is 52.7 Å². The van der Waals surface area contributed by atoms with Crippen LogP contribution in [0, 0.1) is 0 Å². The maximum atomic E-state index is 5.79. The van der Waals surface area contributed by atoms with E-state index in [0.29, 0.717) is 25.7 Å². The molecule has 4 heterocycles. The number of hydrogen-bond acceptors (Lipinski definition) is 6. The van der Waals surface area contributed by atoms with Gasteiger partial charge in [0.2, 0.25) is 0 Å². The Morgan fingerprint density at radius 2 is 0.938 bits per heavy atom. The highest BCUT2D eigenvalue weighted by Gasteiger charge is 2.27. The number of anilines is 2. The SMILES string of the molecule is [B]CCn1nnc2c1-c1ccccc1CN(CC)c1ccccc1-2.[B]CCn1nnc2c1-c1ccccc1N(CC)Cc1ccccc1-2. The molecule has 0 bridgehead atoms. The van der Waals surface area contributed by atoms with Crippen LogP contribution in [0.25, 0.3) is 45.0 Å². The van der Waals surface area contributed by atoms with Crippen LogP contribution < -0.4 is 9.80 Å². The molecule has 0 saturated heterocycles. The first kappa shape index (κ1) is 31.5. The summed E-state index contributed by atoms with van der Waals surface area (Å²) in [5, 5.41) is 17.8. The zero-order valence-electron chi connectivity index (χ0n) is 27.6. The summed E-state index contributed by atoms with van der Waals surface area (Å²) in [5.74, 6) is 0. The lowest BCUT2D eigenvalue weighted by molar-refractivity contribution is 0.632. The van der Waals surface area contributed by atoms with E-state index in [9.17, 15) is 0 Å². The number of hydrogen-bond donors (Lipinski definition) is 0. The van der Waals surface area contributed by atoms with E-state index in [2.05, 4.69) is 141 Å². The molecule has 48 heavy (non-hydrogen) atoms. The Kier molecular flexibility index (Phi) is 9.14. The van der Waals surface area contributed by atoms with Crippen LogP contribution in [0.1, 0.15) is 25.0 Å². The first-order valence-electron chi connectivity index (χ1n) is 16.8. The van der Waals surface area contributed by atoms with Gasteiger partial charge in [0.1, 0.15) is 11.4 Å². The molecule has 0 unspecified atom stereocenters. The minimum Gasteiger partial charge on any atom is -0.367 e. The molecule has 4 aromatic carbocycles. The third-order valence-electron chi connectivity index (χ3n) is 9.18. The molecule has 8 rings (SSSR count). The van der Waals surface area contributed by atoms with Crippen LogP contribution in [0.3, 0.4) is 0 Å². The van der Waals surface area contributed by atoms with Gasteiger partial charge in [-0.15, -0.1) is 10.2 Å². The minimum atomic E-state index is 0.539. The second kappa shape index (κ2) is 13.9. The van der Waals surface area contributed by atoms with Crippen molar-refractivity contribution in [2.75, 3.05) is 22.9 Å². The van der Waals surface area contributed by atoms with Crippen LogP contribution in [0.5, 0.6) is 0 Å². The standard InChI is InChI=1S/2C19H19BN4/c1-2-23-13-14-7-3-4-8-15(14)19-18(21-22-24(19)12-11-20)16-9-5-6-10-17(16)23;1-2-23-13-14-7-3-4-8-15(14)18-19(24(12-11-20)22-21-18)16-9-5-6-10-17(16)23/h2*3-10H,2,11-13H2,1H3. The molecular weight excluding hydrogens is 590 g/mol. The van der Waals surface area contributed by atoms with Gasteiger partial charge in [-0.3, -0.25) is 0 Å². The van der Waals surface area contributed by atoms with Crippen molar-refractivity contribution in [2.24, 2.45) is 0 Å². The quantitative estimate of drug-likeness (QED) is 0.184. The van der Waals surface area contributed by atoms with Crippen molar-refractivity contribution in [3.05, 3.63) is 108 Å². The summed E-state index contributed by atoms with van der Waals surface area (Å²) in [5.41, 5.74) is 13.6. The zero-order valence-corrected chi connectivity index (χ0v) is 27.6. The van der Waals surface area contributed by atoms with Gasteiger partial charge in [-0.2, -0.15) is 0 Å². The van der Waals surface area contributed by atoms with E-state index in [4.69, 9.17) is 15.7 Å². The van der Waals surface area contributed by atoms with Gasteiger partial charge in [0.05, 0.1) is 27.1 Å². The van der Waals surface area contributed by atoms with E-state index < -0.39 is 0 Å². The second-order valence-electron chi connectivity index (χ2n) is 12.0. The van der Waals surface area contributed by atoms with Gasteiger partial charge < -0.3 is 9.80 Å². The highest BCUT2D eigenvalue weighted by atomic mass is 15.4. The van der Waals surface area contributed by atoms with E-state index in [-0.39, 0.29) is 0 Å². The number of nitrogens with zero attached hydrogens (tertiary/aromatic N) is 8. The summed E-state index contributed by atoms with van der Waals surface area (Å²) in [4.78, 5) is 4.79. The minimum absolute atomic E-state index is 0.539. The number of aromatic nitrogens is 6. The fourth-order valence-electron chi connectivity index (χ4n) is 6.90. The lowest BCUT2D eigenvalue weighted by Gasteiger charge is -2.29. The predicted molar refractivity (Wildman–Crippen MR) is 196 cm³/mol. The summed E-state index contributed by atoms with van der Waals surface area (Å²) >= 11 is 0.